The van der Waals surface area contributed by atoms with E-state index in [1.165, 1.54) is 0 Å². The molecule has 0 aliphatic heterocycles. The zero-order valence-electron chi connectivity index (χ0n) is 17.8. The van der Waals surface area contributed by atoms with Gasteiger partial charge in [0.25, 0.3) is 0 Å². The highest BCUT2D eigenvalue weighted by atomic mass is 15.1. The molecule has 4 heterocycles. The van der Waals surface area contributed by atoms with Gasteiger partial charge in [0, 0.05) is 39.8 Å². The van der Waals surface area contributed by atoms with Crippen molar-refractivity contribution in [3.05, 3.63) is 73.5 Å². The number of hydrogen-bond acceptors (Lipinski definition) is 4. The second kappa shape index (κ2) is 7.09. The van der Waals surface area contributed by atoms with Gasteiger partial charge in [0.2, 0.25) is 0 Å². The van der Waals surface area contributed by atoms with Gasteiger partial charge in [-0.25, -0.2) is 0 Å². The van der Waals surface area contributed by atoms with Crippen molar-refractivity contribution in [1.82, 2.24) is 25.1 Å². The Labute approximate surface area is 180 Å². The maximum Gasteiger partial charge on any atom is 0.116 e. The van der Waals surface area contributed by atoms with Crippen LogP contribution >= 0.6 is 0 Å². The number of fused-ring (bicyclic) bond motifs is 2. The van der Waals surface area contributed by atoms with Crippen molar-refractivity contribution in [1.29, 1.82) is 0 Å². The Bertz CT molecular complexity index is 1380. The molecular weight excluding hydrogens is 384 g/mol. The molecule has 0 fully saturated rings. The number of nitrogens with zero attached hydrogens (tertiary/aromatic N) is 3. The predicted octanol–water partition coefficient (Wildman–Crippen LogP) is 6.14. The van der Waals surface area contributed by atoms with Crippen LogP contribution in [0.25, 0.3) is 44.3 Å². The average Bonchev–Trinajstić information content (AvgIpc) is 3.36. The average molecular weight is 409 g/mol. The van der Waals surface area contributed by atoms with Crippen molar-refractivity contribution in [3.8, 4) is 22.5 Å². The lowest BCUT2D eigenvalue weighted by Gasteiger charge is -2.23. The Morgan fingerprint density at radius 1 is 0.935 bits per heavy atom. The minimum absolute atomic E-state index is 0.0320. The topological polar surface area (TPSA) is 82.3 Å². The van der Waals surface area contributed by atoms with Crippen molar-refractivity contribution >= 4 is 27.5 Å². The number of anilines is 1. The molecule has 0 saturated heterocycles. The summed E-state index contributed by atoms with van der Waals surface area (Å²) in [5.74, 6) is 0. The van der Waals surface area contributed by atoms with Crippen molar-refractivity contribution in [2.24, 2.45) is 5.41 Å². The van der Waals surface area contributed by atoms with E-state index in [2.05, 4.69) is 88.1 Å². The standard InChI is InChI=1S/C25H24N6/c1-15(25(2,3)4)28-19-9-18(12-27-13-19)16-5-6-21-20(10-16)24(31-30-21)22-11-17-7-8-26-14-23(17)29-22/h5-14,28-29H,1H2,2-4H3,(H,30,31). The molecule has 0 spiro atoms. The van der Waals surface area contributed by atoms with Gasteiger partial charge in [-0.1, -0.05) is 33.4 Å². The van der Waals surface area contributed by atoms with Crippen molar-refractivity contribution in [3.63, 3.8) is 0 Å². The van der Waals surface area contributed by atoms with Gasteiger partial charge in [-0.3, -0.25) is 15.1 Å². The fraction of sp³-hybridized carbons (Fsp3) is 0.160. The minimum atomic E-state index is -0.0320. The number of allylic oxidation sites excluding steroid dienone is 1. The van der Waals surface area contributed by atoms with Crippen LogP contribution < -0.4 is 5.32 Å². The number of rotatable bonds is 4. The van der Waals surface area contributed by atoms with E-state index in [0.29, 0.717) is 0 Å². The Hall–Kier alpha value is -3.93. The molecule has 154 valence electrons. The maximum absolute atomic E-state index is 4.56. The molecule has 0 atom stereocenters. The SMILES string of the molecule is C=C(Nc1cncc(-c2ccc3[nH]nc(-c4cc5ccncc5[nH]4)c3c2)c1)C(C)(C)C. The number of H-pyrrole nitrogens is 2. The number of aromatic amines is 2. The highest BCUT2D eigenvalue weighted by Gasteiger charge is 2.16. The quantitative estimate of drug-likeness (QED) is 0.334. The van der Waals surface area contributed by atoms with E-state index in [1.54, 1.807) is 6.20 Å². The first-order chi connectivity index (χ1) is 14.9. The molecule has 4 aromatic heterocycles. The highest BCUT2D eigenvalue weighted by Crippen LogP contribution is 2.32. The molecule has 6 heteroatoms. The zero-order chi connectivity index (χ0) is 21.6. The van der Waals surface area contributed by atoms with Crippen LogP contribution in [-0.4, -0.2) is 25.1 Å². The van der Waals surface area contributed by atoms with Crippen LogP contribution in [-0.2, 0) is 0 Å². The molecule has 0 unspecified atom stereocenters. The minimum Gasteiger partial charge on any atom is -0.358 e. The second-order valence-corrected chi connectivity index (χ2v) is 8.79. The molecule has 5 aromatic rings. The van der Waals surface area contributed by atoms with E-state index >= 15 is 0 Å². The van der Waals surface area contributed by atoms with E-state index < -0.39 is 0 Å². The third-order valence-electron chi connectivity index (χ3n) is 5.51. The van der Waals surface area contributed by atoms with E-state index in [4.69, 9.17) is 0 Å². The summed E-state index contributed by atoms with van der Waals surface area (Å²) in [4.78, 5) is 12.0. The first-order valence-electron chi connectivity index (χ1n) is 10.2. The van der Waals surface area contributed by atoms with E-state index in [-0.39, 0.29) is 5.41 Å². The van der Waals surface area contributed by atoms with Gasteiger partial charge in [0.15, 0.2) is 0 Å². The second-order valence-electron chi connectivity index (χ2n) is 8.79. The number of aromatic nitrogens is 5. The monoisotopic (exact) mass is 408 g/mol. The van der Waals surface area contributed by atoms with Gasteiger partial charge in [0.05, 0.1) is 34.8 Å². The normalized spacial score (nSPS) is 11.8. The largest absolute Gasteiger partial charge is 0.358 e. The lowest BCUT2D eigenvalue weighted by atomic mass is 9.93. The molecule has 31 heavy (non-hydrogen) atoms. The van der Waals surface area contributed by atoms with Gasteiger partial charge in [-0.05, 0) is 35.9 Å². The van der Waals surface area contributed by atoms with Crippen LogP contribution in [0.1, 0.15) is 20.8 Å². The molecule has 0 bridgehead atoms. The Morgan fingerprint density at radius 3 is 2.61 bits per heavy atom. The third kappa shape index (κ3) is 3.57. The lowest BCUT2D eigenvalue weighted by molar-refractivity contribution is 0.509. The molecule has 0 radical (unpaired) electrons. The molecule has 3 N–H and O–H groups in total. The maximum atomic E-state index is 4.56. The number of benzene rings is 1. The smallest absolute Gasteiger partial charge is 0.116 e. The van der Waals surface area contributed by atoms with Crippen LogP contribution in [0.2, 0.25) is 0 Å². The molecular formula is C25H24N6. The Kier molecular flexibility index (Phi) is 4.36. The van der Waals surface area contributed by atoms with Crippen LogP contribution in [0.15, 0.2) is 73.5 Å². The summed E-state index contributed by atoms with van der Waals surface area (Å²) < 4.78 is 0. The first kappa shape index (κ1) is 19.1. The van der Waals surface area contributed by atoms with Crippen molar-refractivity contribution < 1.29 is 0 Å². The van der Waals surface area contributed by atoms with Crippen LogP contribution in [0.5, 0.6) is 0 Å². The van der Waals surface area contributed by atoms with E-state index in [9.17, 15) is 0 Å². The fourth-order valence-electron chi connectivity index (χ4n) is 3.53. The number of hydrogen-bond donors (Lipinski definition) is 3. The van der Waals surface area contributed by atoms with Crippen molar-refractivity contribution in [2.75, 3.05) is 5.32 Å². The van der Waals surface area contributed by atoms with Crippen LogP contribution in [0, 0.1) is 5.41 Å². The van der Waals surface area contributed by atoms with Crippen molar-refractivity contribution in [2.45, 2.75) is 20.8 Å². The summed E-state index contributed by atoms with van der Waals surface area (Å²) >= 11 is 0. The predicted molar refractivity (Wildman–Crippen MR) is 127 cm³/mol. The summed E-state index contributed by atoms with van der Waals surface area (Å²) in [6, 6.07) is 12.5. The summed E-state index contributed by atoms with van der Waals surface area (Å²) in [5.41, 5.74) is 7.77. The molecule has 0 aliphatic carbocycles. The van der Waals surface area contributed by atoms with Gasteiger partial charge >= 0.3 is 0 Å². The lowest BCUT2D eigenvalue weighted by Crippen LogP contribution is -2.15. The number of pyridine rings is 2. The molecule has 0 aliphatic rings. The first-order valence-corrected chi connectivity index (χ1v) is 10.2. The third-order valence-corrected chi connectivity index (χ3v) is 5.51. The summed E-state index contributed by atoms with van der Waals surface area (Å²) in [7, 11) is 0. The number of nitrogens with one attached hydrogen (secondary N) is 3. The van der Waals surface area contributed by atoms with E-state index in [0.717, 1.165) is 55.7 Å². The van der Waals surface area contributed by atoms with Gasteiger partial charge < -0.3 is 10.3 Å². The molecule has 6 nitrogen and oxygen atoms in total. The summed E-state index contributed by atoms with van der Waals surface area (Å²) in [6.45, 7) is 10.6. The molecule has 5 rings (SSSR count). The Morgan fingerprint density at radius 2 is 1.81 bits per heavy atom. The molecule has 1 aromatic carbocycles. The molecule has 0 saturated carbocycles. The van der Waals surface area contributed by atoms with Gasteiger partial charge in [-0.2, -0.15) is 5.10 Å². The van der Waals surface area contributed by atoms with Crippen LogP contribution in [0.4, 0.5) is 5.69 Å². The van der Waals surface area contributed by atoms with Gasteiger partial charge in [0.1, 0.15) is 5.69 Å². The van der Waals surface area contributed by atoms with Crippen LogP contribution in [0.3, 0.4) is 0 Å². The molecule has 0 amide bonds. The summed E-state index contributed by atoms with van der Waals surface area (Å²) in [6.07, 6.45) is 7.32. The Balaban J connectivity index is 1.54. The van der Waals surface area contributed by atoms with E-state index in [1.807, 2.05) is 24.7 Å². The summed E-state index contributed by atoms with van der Waals surface area (Å²) in [5, 5.41) is 13.3. The zero-order valence-corrected chi connectivity index (χ0v) is 17.8. The fourth-order valence-corrected chi connectivity index (χ4v) is 3.53. The highest BCUT2D eigenvalue weighted by molar-refractivity contribution is 5.97. The van der Waals surface area contributed by atoms with Gasteiger partial charge in [-0.15, -0.1) is 0 Å².